The van der Waals surface area contributed by atoms with Crippen LogP contribution in [0.15, 0.2) is 69.0 Å². The van der Waals surface area contributed by atoms with Crippen molar-refractivity contribution in [1.29, 1.82) is 0 Å². The molecule has 2 aromatic carbocycles. The number of alkyl halides is 2. The zero-order chi connectivity index (χ0) is 25.0. The molecule has 12 heteroatoms. The van der Waals surface area contributed by atoms with Crippen LogP contribution in [0.4, 0.5) is 19.0 Å². The Labute approximate surface area is 197 Å². The number of ether oxygens (including phenoxy) is 1. The van der Waals surface area contributed by atoms with Crippen LogP contribution in [-0.2, 0) is 10.0 Å². The topological polar surface area (TPSA) is 103 Å². The lowest BCUT2D eigenvalue weighted by molar-refractivity contribution is -0.0873. The fourth-order valence-corrected chi connectivity index (χ4v) is 5.22. The molecule has 0 bridgehead atoms. The fourth-order valence-electron chi connectivity index (χ4n) is 4.19. The highest BCUT2D eigenvalue weighted by molar-refractivity contribution is 7.92. The van der Waals surface area contributed by atoms with Gasteiger partial charge < -0.3 is 9.26 Å². The van der Waals surface area contributed by atoms with E-state index in [1.54, 1.807) is 0 Å². The Kier molecular flexibility index (Phi) is 5.35. The van der Waals surface area contributed by atoms with Gasteiger partial charge in [-0.25, -0.2) is 21.6 Å². The van der Waals surface area contributed by atoms with E-state index in [2.05, 4.69) is 14.4 Å². The zero-order valence-corrected chi connectivity index (χ0v) is 19.0. The van der Waals surface area contributed by atoms with Gasteiger partial charge in [-0.05, 0) is 41.8 Å². The lowest BCUT2D eigenvalue weighted by atomic mass is 9.76. The lowest BCUT2D eigenvalue weighted by Gasteiger charge is -2.35. The van der Waals surface area contributed by atoms with Gasteiger partial charge in [0.2, 0.25) is 5.92 Å². The molecule has 1 N–H and O–H groups in total. The number of hydrogen-bond donors (Lipinski definition) is 1. The van der Waals surface area contributed by atoms with Crippen LogP contribution in [0.2, 0.25) is 0 Å². The quantitative estimate of drug-likeness (QED) is 0.416. The highest BCUT2D eigenvalue weighted by Crippen LogP contribution is 2.49. The molecule has 2 heterocycles. The summed E-state index contributed by atoms with van der Waals surface area (Å²) in [6.07, 6.45) is 0.297. The molecule has 0 saturated heterocycles. The largest absolute Gasteiger partial charge is 0.495 e. The second-order valence-corrected chi connectivity index (χ2v) is 9.91. The standard InChI is InChI=1S/C23H18F3N3O5S/c1-33-20-9-16(14-11-23(25,26)12-14)17(24)10-19(20)29-18-4-3-15(8-13(18)2-5-22(29)30)35(31,32)28-21-6-7-34-27-21/h2-10,14H,11-12H2,1H3,(H,27,28). The number of nitrogens with one attached hydrogen (secondary N) is 1. The number of anilines is 1. The van der Waals surface area contributed by atoms with Gasteiger partial charge in [0, 0.05) is 36.4 Å². The van der Waals surface area contributed by atoms with Crippen LogP contribution < -0.4 is 15.0 Å². The first-order valence-corrected chi connectivity index (χ1v) is 11.9. The van der Waals surface area contributed by atoms with Crippen LogP contribution in [-0.4, -0.2) is 31.2 Å². The molecular formula is C23H18F3N3O5S. The second-order valence-electron chi connectivity index (χ2n) is 8.22. The lowest BCUT2D eigenvalue weighted by Crippen LogP contribution is -2.34. The van der Waals surface area contributed by atoms with Crippen molar-refractivity contribution in [3.05, 3.63) is 76.5 Å². The third-order valence-electron chi connectivity index (χ3n) is 5.92. The van der Waals surface area contributed by atoms with Gasteiger partial charge >= 0.3 is 0 Å². The van der Waals surface area contributed by atoms with E-state index in [0.29, 0.717) is 10.9 Å². The van der Waals surface area contributed by atoms with Gasteiger partial charge in [-0.15, -0.1) is 0 Å². The van der Waals surface area contributed by atoms with Gasteiger partial charge in [0.1, 0.15) is 17.8 Å². The summed E-state index contributed by atoms with van der Waals surface area (Å²) in [6.45, 7) is 0. The molecule has 0 aliphatic heterocycles. The van der Waals surface area contributed by atoms with E-state index in [1.165, 1.54) is 60.4 Å². The maximum absolute atomic E-state index is 15.0. The first-order chi connectivity index (χ1) is 16.6. The molecule has 182 valence electrons. The highest BCUT2D eigenvalue weighted by atomic mass is 32.2. The van der Waals surface area contributed by atoms with Gasteiger partial charge in [0.05, 0.1) is 23.2 Å². The van der Waals surface area contributed by atoms with Crippen molar-refractivity contribution < 1.29 is 30.8 Å². The number of benzene rings is 2. The van der Waals surface area contributed by atoms with Gasteiger partial charge in [0.15, 0.2) is 5.82 Å². The summed E-state index contributed by atoms with van der Waals surface area (Å²) in [5, 5.41) is 3.89. The summed E-state index contributed by atoms with van der Waals surface area (Å²) in [5.41, 5.74) is -0.0724. The van der Waals surface area contributed by atoms with Crippen LogP contribution in [0.1, 0.15) is 24.3 Å². The molecule has 1 aliphatic carbocycles. The minimum Gasteiger partial charge on any atom is -0.495 e. The van der Waals surface area contributed by atoms with Crippen molar-refractivity contribution in [2.24, 2.45) is 0 Å². The minimum absolute atomic E-state index is 0.000376. The first kappa shape index (κ1) is 23.0. The van der Waals surface area contributed by atoms with Gasteiger partial charge in [-0.1, -0.05) is 5.16 Å². The SMILES string of the molecule is COc1cc(C2CC(F)(F)C2)c(F)cc1-n1c(=O)ccc2cc(S(=O)(=O)Nc3ccon3)ccc21. The van der Waals surface area contributed by atoms with Crippen molar-refractivity contribution in [3.63, 3.8) is 0 Å². The highest BCUT2D eigenvalue weighted by Gasteiger charge is 2.47. The normalized spacial score (nSPS) is 15.7. The van der Waals surface area contributed by atoms with Crippen LogP contribution in [0.25, 0.3) is 16.6 Å². The van der Waals surface area contributed by atoms with E-state index >= 15 is 0 Å². The number of sulfonamides is 1. The molecular weight excluding hydrogens is 487 g/mol. The molecule has 0 spiro atoms. The number of hydrogen-bond acceptors (Lipinski definition) is 6. The number of halogens is 3. The molecule has 0 amide bonds. The summed E-state index contributed by atoms with van der Waals surface area (Å²) >= 11 is 0. The summed E-state index contributed by atoms with van der Waals surface area (Å²) < 4.78 is 80.5. The van der Waals surface area contributed by atoms with Crippen LogP contribution in [0.5, 0.6) is 5.75 Å². The third-order valence-corrected chi connectivity index (χ3v) is 7.27. The maximum atomic E-state index is 15.0. The van der Waals surface area contributed by atoms with E-state index in [-0.39, 0.29) is 27.7 Å². The van der Waals surface area contributed by atoms with Crippen LogP contribution >= 0.6 is 0 Å². The van der Waals surface area contributed by atoms with Crippen molar-refractivity contribution in [2.75, 3.05) is 11.8 Å². The Hall–Kier alpha value is -3.80. The second kappa shape index (κ2) is 8.15. The average molecular weight is 505 g/mol. The Morgan fingerprint density at radius 1 is 1.14 bits per heavy atom. The van der Waals surface area contributed by atoms with Crippen LogP contribution in [0.3, 0.4) is 0 Å². The number of nitrogens with zero attached hydrogens (tertiary/aromatic N) is 2. The molecule has 8 nitrogen and oxygen atoms in total. The van der Waals surface area contributed by atoms with Gasteiger partial charge in [-0.3, -0.25) is 14.1 Å². The average Bonchev–Trinajstić information content (AvgIpc) is 3.29. The minimum atomic E-state index is -4.01. The van der Waals surface area contributed by atoms with Gasteiger partial charge in [0.25, 0.3) is 15.6 Å². The Morgan fingerprint density at radius 3 is 2.57 bits per heavy atom. The van der Waals surface area contributed by atoms with E-state index < -0.39 is 46.1 Å². The maximum Gasteiger partial charge on any atom is 0.263 e. The molecule has 1 saturated carbocycles. The first-order valence-electron chi connectivity index (χ1n) is 10.4. The molecule has 1 fully saturated rings. The number of rotatable bonds is 6. The molecule has 4 aromatic rings. The Bertz CT molecular complexity index is 1590. The smallest absolute Gasteiger partial charge is 0.263 e. The van der Waals surface area contributed by atoms with Crippen molar-refractivity contribution in [3.8, 4) is 11.4 Å². The van der Waals surface area contributed by atoms with E-state index in [4.69, 9.17) is 4.74 Å². The molecule has 2 aromatic heterocycles. The molecule has 5 rings (SSSR count). The van der Waals surface area contributed by atoms with Crippen molar-refractivity contribution in [1.82, 2.24) is 9.72 Å². The summed E-state index contributed by atoms with van der Waals surface area (Å²) in [4.78, 5) is 12.7. The molecule has 0 unspecified atom stereocenters. The van der Waals surface area contributed by atoms with Gasteiger partial charge in [-0.2, -0.15) is 0 Å². The Morgan fingerprint density at radius 2 is 1.91 bits per heavy atom. The molecule has 1 aliphatic rings. The predicted molar refractivity (Wildman–Crippen MR) is 120 cm³/mol. The monoisotopic (exact) mass is 505 g/mol. The zero-order valence-electron chi connectivity index (χ0n) is 18.2. The van der Waals surface area contributed by atoms with Crippen LogP contribution in [0, 0.1) is 5.82 Å². The number of aromatic nitrogens is 2. The molecule has 0 atom stereocenters. The fraction of sp³-hybridized carbons (Fsp3) is 0.217. The number of pyridine rings is 1. The van der Waals surface area contributed by atoms with Crippen molar-refractivity contribution >= 4 is 26.7 Å². The molecule has 35 heavy (non-hydrogen) atoms. The predicted octanol–water partition coefficient (Wildman–Crippen LogP) is 4.44. The Balaban J connectivity index is 1.60. The number of methoxy groups -OCH3 is 1. The summed E-state index contributed by atoms with van der Waals surface area (Å²) in [7, 11) is -2.68. The van der Waals surface area contributed by atoms with E-state index in [0.717, 1.165) is 6.07 Å². The van der Waals surface area contributed by atoms with Crippen molar-refractivity contribution in [2.45, 2.75) is 29.6 Å². The summed E-state index contributed by atoms with van der Waals surface area (Å²) in [5.74, 6) is -4.09. The third kappa shape index (κ3) is 4.14. The number of fused-ring (bicyclic) bond motifs is 1. The summed E-state index contributed by atoms with van der Waals surface area (Å²) in [6, 6.07) is 10.4. The van der Waals surface area contributed by atoms with E-state index in [1.807, 2.05) is 0 Å². The van der Waals surface area contributed by atoms with E-state index in [9.17, 15) is 26.4 Å². The molecule has 0 radical (unpaired) electrons.